The van der Waals surface area contributed by atoms with E-state index >= 15 is 0 Å². The van der Waals surface area contributed by atoms with Gasteiger partial charge in [0.05, 0.1) is 5.02 Å². The number of aromatic nitrogens is 1. The van der Waals surface area contributed by atoms with Gasteiger partial charge in [-0.25, -0.2) is 0 Å². The van der Waals surface area contributed by atoms with Gasteiger partial charge in [-0.1, -0.05) is 45.7 Å². The molecule has 0 saturated carbocycles. The van der Waals surface area contributed by atoms with Crippen LogP contribution in [0.5, 0.6) is 0 Å². The van der Waals surface area contributed by atoms with Gasteiger partial charge in [0.25, 0.3) is 0 Å². The van der Waals surface area contributed by atoms with Crippen molar-refractivity contribution >= 4 is 27.5 Å². The van der Waals surface area contributed by atoms with Crippen LogP contribution in [0.25, 0.3) is 0 Å². The summed E-state index contributed by atoms with van der Waals surface area (Å²) in [6, 6.07) is 8.37. The van der Waals surface area contributed by atoms with Crippen molar-refractivity contribution in [3.8, 4) is 0 Å². The minimum atomic E-state index is 0.275. The molecule has 0 radical (unpaired) electrons. The van der Waals surface area contributed by atoms with E-state index in [1.165, 1.54) is 16.7 Å². The minimum absolute atomic E-state index is 0.275. The van der Waals surface area contributed by atoms with Crippen LogP contribution < -0.4 is 0 Å². The van der Waals surface area contributed by atoms with Gasteiger partial charge < -0.3 is 0 Å². The molecule has 18 heavy (non-hydrogen) atoms. The summed E-state index contributed by atoms with van der Waals surface area (Å²) in [5.74, 6) is 0. The molecular weight excluding hydrogens is 310 g/mol. The number of benzene rings is 1. The van der Waals surface area contributed by atoms with Crippen molar-refractivity contribution in [3.63, 3.8) is 0 Å². The summed E-state index contributed by atoms with van der Waals surface area (Å²) in [5.41, 5.74) is 5.10. The molecule has 0 aliphatic carbocycles. The number of nitrogens with zero attached hydrogens (tertiary/aromatic N) is 1. The first-order valence-corrected chi connectivity index (χ1v) is 7.17. The molecule has 94 valence electrons. The molecule has 1 aromatic heterocycles. The van der Waals surface area contributed by atoms with E-state index in [2.05, 4.69) is 53.0 Å². The first-order valence-electron chi connectivity index (χ1n) is 5.88. The predicted octanol–water partition coefficient (Wildman–Crippen LogP) is 5.03. The maximum absolute atomic E-state index is 6.14. The normalized spacial score (nSPS) is 12.4. The molecule has 1 nitrogen and oxygen atoms in total. The van der Waals surface area contributed by atoms with Crippen molar-refractivity contribution in [3.05, 3.63) is 63.9 Å². The lowest BCUT2D eigenvalue weighted by Gasteiger charge is -2.15. The van der Waals surface area contributed by atoms with E-state index in [1.807, 2.05) is 6.07 Å². The SMILES string of the molecule is Cc1cccc(C(Br)Cc2ccncc2Cl)c1C. The summed E-state index contributed by atoms with van der Waals surface area (Å²) in [6.45, 7) is 4.30. The van der Waals surface area contributed by atoms with Gasteiger partial charge in [-0.15, -0.1) is 0 Å². The quantitative estimate of drug-likeness (QED) is 0.722. The Bertz CT molecular complexity index is 554. The number of aryl methyl sites for hydroxylation is 1. The van der Waals surface area contributed by atoms with Crippen LogP contribution in [0.1, 0.15) is 27.1 Å². The van der Waals surface area contributed by atoms with Crippen LogP contribution in [0.3, 0.4) is 0 Å². The highest BCUT2D eigenvalue weighted by Crippen LogP contribution is 2.32. The highest BCUT2D eigenvalue weighted by Gasteiger charge is 2.13. The molecule has 0 fully saturated rings. The Balaban J connectivity index is 2.25. The van der Waals surface area contributed by atoms with E-state index in [9.17, 15) is 0 Å². The molecular formula is C15H15BrClN. The third-order valence-corrected chi connectivity index (χ3v) is 4.40. The molecule has 0 aliphatic rings. The maximum Gasteiger partial charge on any atom is 0.0621 e. The van der Waals surface area contributed by atoms with Crippen LogP contribution in [0, 0.1) is 13.8 Å². The molecule has 3 heteroatoms. The summed E-state index contributed by atoms with van der Waals surface area (Å²) in [5, 5.41) is 0.729. The van der Waals surface area contributed by atoms with Crippen molar-refractivity contribution < 1.29 is 0 Å². The molecule has 0 N–H and O–H groups in total. The summed E-state index contributed by atoms with van der Waals surface area (Å²) < 4.78 is 0. The molecule has 0 aliphatic heterocycles. The summed E-state index contributed by atoms with van der Waals surface area (Å²) >= 11 is 9.91. The van der Waals surface area contributed by atoms with Crippen LogP contribution in [-0.2, 0) is 6.42 Å². The smallest absolute Gasteiger partial charge is 0.0621 e. The van der Waals surface area contributed by atoms with Crippen molar-refractivity contribution in [2.45, 2.75) is 25.1 Å². The van der Waals surface area contributed by atoms with E-state index < -0.39 is 0 Å². The summed E-state index contributed by atoms with van der Waals surface area (Å²) in [7, 11) is 0. The highest BCUT2D eigenvalue weighted by molar-refractivity contribution is 9.09. The van der Waals surface area contributed by atoms with Crippen molar-refractivity contribution in [1.82, 2.24) is 4.98 Å². The van der Waals surface area contributed by atoms with E-state index in [1.54, 1.807) is 12.4 Å². The highest BCUT2D eigenvalue weighted by atomic mass is 79.9. The standard InChI is InChI=1S/C15H15BrClN/c1-10-4-3-5-13(11(10)2)14(16)8-12-6-7-18-9-15(12)17/h3-7,9,14H,8H2,1-2H3. The molecule has 2 rings (SSSR count). The third kappa shape index (κ3) is 2.93. The Morgan fingerprint density at radius 3 is 2.78 bits per heavy atom. The summed E-state index contributed by atoms with van der Waals surface area (Å²) in [4.78, 5) is 4.28. The maximum atomic E-state index is 6.14. The van der Waals surface area contributed by atoms with Gasteiger partial charge in [0.1, 0.15) is 0 Å². The predicted molar refractivity (Wildman–Crippen MR) is 80.5 cm³/mol. The second kappa shape index (κ2) is 5.85. The van der Waals surface area contributed by atoms with Crippen LogP contribution in [0.15, 0.2) is 36.7 Å². The number of halogens is 2. The number of hydrogen-bond donors (Lipinski definition) is 0. The largest absolute Gasteiger partial charge is 0.263 e. The number of alkyl halides is 1. The van der Waals surface area contributed by atoms with Crippen LogP contribution >= 0.6 is 27.5 Å². The number of rotatable bonds is 3. The first kappa shape index (κ1) is 13.6. The van der Waals surface area contributed by atoms with Gasteiger partial charge in [-0.05, 0) is 48.6 Å². The monoisotopic (exact) mass is 323 g/mol. The van der Waals surface area contributed by atoms with Crippen LogP contribution in [0.2, 0.25) is 5.02 Å². The molecule has 1 atom stereocenters. The lowest BCUT2D eigenvalue weighted by atomic mass is 9.98. The molecule has 0 amide bonds. The first-order chi connectivity index (χ1) is 8.59. The average Bonchev–Trinajstić information content (AvgIpc) is 2.35. The second-order valence-corrected chi connectivity index (χ2v) is 5.94. The Labute approximate surface area is 121 Å². The molecule has 2 aromatic rings. The lowest BCUT2D eigenvalue weighted by Crippen LogP contribution is -2.00. The average molecular weight is 325 g/mol. The molecule has 1 unspecified atom stereocenters. The van der Waals surface area contributed by atoms with Gasteiger partial charge in [0, 0.05) is 17.2 Å². The Hall–Kier alpha value is -0.860. The second-order valence-electron chi connectivity index (χ2n) is 4.43. The van der Waals surface area contributed by atoms with Gasteiger partial charge in [0.15, 0.2) is 0 Å². The Morgan fingerprint density at radius 1 is 1.28 bits per heavy atom. The van der Waals surface area contributed by atoms with E-state index in [4.69, 9.17) is 11.6 Å². The fourth-order valence-electron chi connectivity index (χ4n) is 1.99. The summed E-state index contributed by atoms with van der Waals surface area (Å²) in [6.07, 6.45) is 4.34. The Morgan fingerprint density at radius 2 is 2.06 bits per heavy atom. The number of pyridine rings is 1. The van der Waals surface area contributed by atoms with E-state index in [-0.39, 0.29) is 4.83 Å². The van der Waals surface area contributed by atoms with Gasteiger partial charge in [-0.2, -0.15) is 0 Å². The lowest BCUT2D eigenvalue weighted by molar-refractivity contribution is 0.931. The minimum Gasteiger partial charge on any atom is -0.263 e. The zero-order chi connectivity index (χ0) is 13.1. The Kier molecular flexibility index (Phi) is 4.41. The topological polar surface area (TPSA) is 12.9 Å². The molecule has 1 heterocycles. The van der Waals surface area contributed by atoms with Crippen LogP contribution in [0.4, 0.5) is 0 Å². The molecule has 0 saturated heterocycles. The van der Waals surface area contributed by atoms with Gasteiger partial charge in [-0.3, -0.25) is 4.98 Å². The number of hydrogen-bond acceptors (Lipinski definition) is 1. The van der Waals surface area contributed by atoms with Crippen molar-refractivity contribution in [2.75, 3.05) is 0 Å². The zero-order valence-corrected chi connectivity index (χ0v) is 12.8. The molecule has 1 aromatic carbocycles. The van der Waals surface area contributed by atoms with E-state index in [0.717, 1.165) is 17.0 Å². The molecule has 0 spiro atoms. The fourth-order valence-corrected chi connectivity index (χ4v) is 3.03. The van der Waals surface area contributed by atoms with Crippen molar-refractivity contribution in [1.29, 1.82) is 0 Å². The van der Waals surface area contributed by atoms with Gasteiger partial charge in [0.2, 0.25) is 0 Å². The molecule has 0 bridgehead atoms. The van der Waals surface area contributed by atoms with Crippen molar-refractivity contribution in [2.24, 2.45) is 0 Å². The zero-order valence-electron chi connectivity index (χ0n) is 10.5. The fraction of sp³-hybridized carbons (Fsp3) is 0.267. The van der Waals surface area contributed by atoms with Crippen LogP contribution in [-0.4, -0.2) is 4.98 Å². The van der Waals surface area contributed by atoms with E-state index in [0.29, 0.717) is 0 Å². The third-order valence-electron chi connectivity index (χ3n) is 3.24. The van der Waals surface area contributed by atoms with Gasteiger partial charge >= 0.3 is 0 Å².